The molecule has 27 heavy (non-hydrogen) atoms. The number of carbonyl (C=O) groups is 1. The van der Waals surface area contributed by atoms with Gasteiger partial charge in [0, 0.05) is 11.2 Å². The van der Waals surface area contributed by atoms with Crippen molar-refractivity contribution in [2.24, 2.45) is 5.10 Å². The Hall–Kier alpha value is -2.92. The summed E-state index contributed by atoms with van der Waals surface area (Å²) in [6.07, 6.45) is 3.38. The van der Waals surface area contributed by atoms with Gasteiger partial charge in [-0.25, -0.2) is 5.43 Å². The molecule has 5 nitrogen and oxygen atoms in total. The summed E-state index contributed by atoms with van der Waals surface area (Å²) in [6, 6.07) is 17.3. The maximum absolute atomic E-state index is 12.2. The number of hydrogen-bond acceptors (Lipinski definition) is 3. The number of benzene rings is 2. The molecule has 3 aromatic rings. The number of aromatic nitrogens is 2. The molecule has 0 radical (unpaired) electrons. The van der Waals surface area contributed by atoms with Crippen LogP contribution in [0.25, 0.3) is 0 Å². The van der Waals surface area contributed by atoms with E-state index in [4.69, 9.17) is 11.6 Å². The lowest BCUT2D eigenvalue weighted by Gasteiger charge is -2.04. The molecule has 0 atom stereocenters. The summed E-state index contributed by atoms with van der Waals surface area (Å²) in [5, 5.41) is 8.98. The van der Waals surface area contributed by atoms with Crippen LogP contribution >= 0.6 is 11.6 Å². The largest absolute Gasteiger partial charge is 0.291 e. The monoisotopic (exact) mass is 380 g/mol. The van der Waals surface area contributed by atoms with E-state index in [0.717, 1.165) is 11.1 Å². The van der Waals surface area contributed by atoms with Crippen molar-refractivity contribution in [2.75, 3.05) is 0 Å². The molecule has 0 saturated carbocycles. The lowest BCUT2D eigenvalue weighted by Crippen LogP contribution is -2.18. The molecule has 0 saturated heterocycles. The predicted molar refractivity (Wildman–Crippen MR) is 108 cm³/mol. The van der Waals surface area contributed by atoms with E-state index in [2.05, 4.69) is 41.6 Å². The average molecular weight is 381 g/mol. The highest BCUT2D eigenvalue weighted by Crippen LogP contribution is 2.14. The van der Waals surface area contributed by atoms with Crippen LogP contribution in [0.15, 0.2) is 65.9 Å². The quantitative estimate of drug-likeness (QED) is 0.506. The van der Waals surface area contributed by atoms with Gasteiger partial charge in [0.05, 0.1) is 12.8 Å². The molecule has 1 N–H and O–H groups in total. The minimum absolute atomic E-state index is 0.316. The second-order valence-electron chi connectivity index (χ2n) is 6.55. The molecular formula is C21H21ClN4O. The number of hydrogen-bond donors (Lipinski definition) is 1. The van der Waals surface area contributed by atoms with Gasteiger partial charge in [0.25, 0.3) is 5.91 Å². The van der Waals surface area contributed by atoms with Crippen LogP contribution < -0.4 is 5.43 Å². The van der Waals surface area contributed by atoms with Crippen LogP contribution in [0.5, 0.6) is 0 Å². The Morgan fingerprint density at radius 3 is 2.52 bits per heavy atom. The first-order chi connectivity index (χ1) is 13.0. The molecular weight excluding hydrogens is 360 g/mol. The third-order valence-corrected chi connectivity index (χ3v) is 4.37. The zero-order chi connectivity index (χ0) is 19.2. The summed E-state index contributed by atoms with van der Waals surface area (Å²) in [7, 11) is 0. The van der Waals surface area contributed by atoms with Crippen molar-refractivity contribution in [2.45, 2.75) is 26.3 Å². The van der Waals surface area contributed by atoms with Crippen molar-refractivity contribution in [3.8, 4) is 0 Å². The molecule has 0 spiro atoms. The second kappa shape index (κ2) is 8.64. The lowest BCUT2D eigenvalue weighted by molar-refractivity contribution is 0.0949. The first-order valence-corrected chi connectivity index (χ1v) is 9.10. The summed E-state index contributed by atoms with van der Waals surface area (Å²) in [5.41, 5.74) is 6.07. The number of rotatable bonds is 6. The molecule has 2 aromatic carbocycles. The van der Waals surface area contributed by atoms with E-state index in [1.807, 2.05) is 36.4 Å². The highest BCUT2D eigenvalue weighted by molar-refractivity contribution is 6.30. The molecule has 6 heteroatoms. The molecule has 0 aliphatic carbocycles. The molecule has 0 aliphatic heterocycles. The minimum Gasteiger partial charge on any atom is -0.268 e. The van der Waals surface area contributed by atoms with Crippen molar-refractivity contribution in [3.63, 3.8) is 0 Å². The Morgan fingerprint density at radius 1 is 1.15 bits per heavy atom. The highest BCUT2D eigenvalue weighted by Gasteiger charge is 2.08. The lowest BCUT2D eigenvalue weighted by atomic mass is 10.0. The third-order valence-electron chi connectivity index (χ3n) is 4.11. The van der Waals surface area contributed by atoms with Crippen LogP contribution in [0.2, 0.25) is 5.02 Å². The van der Waals surface area contributed by atoms with E-state index < -0.39 is 0 Å². The number of halogens is 1. The highest BCUT2D eigenvalue weighted by atomic mass is 35.5. The van der Waals surface area contributed by atoms with Gasteiger partial charge >= 0.3 is 0 Å². The minimum atomic E-state index is -0.347. The zero-order valence-electron chi connectivity index (χ0n) is 15.3. The van der Waals surface area contributed by atoms with E-state index >= 15 is 0 Å². The summed E-state index contributed by atoms with van der Waals surface area (Å²) >= 11 is 5.89. The van der Waals surface area contributed by atoms with E-state index in [-0.39, 0.29) is 5.91 Å². The average Bonchev–Trinajstić information content (AvgIpc) is 3.12. The third kappa shape index (κ3) is 5.28. The predicted octanol–water partition coefficient (Wildman–Crippen LogP) is 4.47. The van der Waals surface area contributed by atoms with Gasteiger partial charge < -0.3 is 0 Å². The Balaban J connectivity index is 1.56. The summed E-state index contributed by atoms with van der Waals surface area (Å²) < 4.78 is 1.70. The van der Waals surface area contributed by atoms with Crippen LogP contribution in [0.3, 0.4) is 0 Å². The Kier molecular flexibility index (Phi) is 6.04. The number of hydrazone groups is 1. The maximum Gasteiger partial charge on any atom is 0.291 e. The normalized spacial score (nSPS) is 11.3. The van der Waals surface area contributed by atoms with Crippen LogP contribution in [-0.2, 0) is 6.54 Å². The van der Waals surface area contributed by atoms with Gasteiger partial charge in [-0.2, -0.15) is 10.2 Å². The Morgan fingerprint density at radius 2 is 1.85 bits per heavy atom. The van der Waals surface area contributed by atoms with E-state index in [9.17, 15) is 4.79 Å². The van der Waals surface area contributed by atoms with Crippen LogP contribution in [-0.4, -0.2) is 21.9 Å². The van der Waals surface area contributed by atoms with Crippen molar-refractivity contribution in [1.29, 1.82) is 0 Å². The van der Waals surface area contributed by atoms with Crippen LogP contribution in [0, 0.1) is 0 Å². The van der Waals surface area contributed by atoms with Gasteiger partial charge in [0.2, 0.25) is 0 Å². The first-order valence-electron chi connectivity index (χ1n) is 8.72. The summed E-state index contributed by atoms with van der Waals surface area (Å²) in [4.78, 5) is 12.2. The van der Waals surface area contributed by atoms with Crippen molar-refractivity contribution in [1.82, 2.24) is 15.2 Å². The molecule has 138 valence electrons. The molecule has 1 amide bonds. The fraction of sp³-hybridized carbons (Fsp3) is 0.190. The Bertz CT molecular complexity index is 928. The molecule has 1 aromatic heterocycles. The van der Waals surface area contributed by atoms with Crippen molar-refractivity contribution >= 4 is 23.7 Å². The SMILES string of the molecule is CC(C)c1ccc(C=NNC(=O)c2ccn(Cc3ccc(Cl)cc3)n2)cc1. The molecule has 0 bridgehead atoms. The molecule has 3 rings (SSSR count). The smallest absolute Gasteiger partial charge is 0.268 e. The first kappa shape index (κ1) is 18.9. The fourth-order valence-corrected chi connectivity index (χ4v) is 2.66. The van der Waals surface area contributed by atoms with E-state index in [1.54, 1.807) is 23.2 Å². The second-order valence-corrected chi connectivity index (χ2v) is 6.98. The number of nitrogens with zero attached hydrogens (tertiary/aromatic N) is 3. The topological polar surface area (TPSA) is 59.3 Å². The molecule has 1 heterocycles. The molecule has 0 unspecified atom stereocenters. The maximum atomic E-state index is 12.2. The van der Waals surface area contributed by atoms with Crippen molar-refractivity contribution in [3.05, 3.63) is 88.2 Å². The Labute approximate surface area is 163 Å². The van der Waals surface area contributed by atoms with E-state index in [1.165, 1.54) is 5.56 Å². The van der Waals surface area contributed by atoms with E-state index in [0.29, 0.717) is 23.2 Å². The standard InChI is InChI=1S/C21H21ClN4O/c1-15(2)18-7-3-16(4-8-18)13-23-24-21(27)20-11-12-26(25-20)14-17-5-9-19(22)10-6-17/h3-13,15H,14H2,1-2H3,(H,24,27). The number of amides is 1. The van der Waals surface area contributed by atoms with Gasteiger partial charge in [-0.15, -0.1) is 0 Å². The van der Waals surface area contributed by atoms with Gasteiger partial charge in [0.15, 0.2) is 5.69 Å². The summed E-state index contributed by atoms with van der Waals surface area (Å²) in [5.74, 6) is 0.138. The zero-order valence-corrected chi connectivity index (χ0v) is 16.0. The van der Waals surface area contributed by atoms with Crippen LogP contribution in [0.1, 0.15) is 46.9 Å². The van der Waals surface area contributed by atoms with Gasteiger partial charge in [-0.05, 0) is 40.8 Å². The van der Waals surface area contributed by atoms with Gasteiger partial charge in [-0.1, -0.05) is 61.8 Å². The molecule has 0 aliphatic rings. The van der Waals surface area contributed by atoms with Gasteiger partial charge in [-0.3, -0.25) is 9.48 Å². The van der Waals surface area contributed by atoms with Crippen molar-refractivity contribution < 1.29 is 4.79 Å². The summed E-state index contributed by atoms with van der Waals surface area (Å²) in [6.45, 7) is 4.86. The van der Waals surface area contributed by atoms with Crippen LogP contribution in [0.4, 0.5) is 0 Å². The molecule has 0 fully saturated rings. The number of carbonyl (C=O) groups excluding carboxylic acids is 1. The number of nitrogens with one attached hydrogen (secondary N) is 1. The van der Waals surface area contributed by atoms with Gasteiger partial charge in [0.1, 0.15) is 0 Å². The fourth-order valence-electron chi connectivity index (χ4n) is 2.54.